The van der Waals surface area contributed by atoms with E-state index in [0.717, 1.165) is 10.6 Å². The molecule has 2 N–H and O–H groups in total. The zero-order valence-electron chi connectivity index (χ0n) is 8.68. The zero-order chi connectivity index (χ0) is 11.1. The highest BCUT2D eigenvalue weighted by Gasteiger charge is 2.31. The van der Waals surface area contributed by atoms with Gasteiger partial charge in [0.15, 0.2) is 0 Å². The van der Waals surface area contributed by atoms with Crippen molar-refractivity contribution in [3.8, 4) is 0 Å². The fourth-order valence-electron chi connectivity index (χ4n) is 2.42. The minimum absolute atomic E-state index is 0.132. The van der Waals surface area contributed by atoms with Gasteiger partial charge in [0.1, 0.15) is 6.04 Å². The molecule has 1 saturated heterocycles. The fourth-order valence-corrected chi connectivity index (χ4v) is 2.42. The summed E-state index contributed by atoms with van der Waals surface area (Å²) < 4.78 is 0. The smallest absolute Gasteiger partial charge is 0.321 e. The summed E-state index contributed by atoms with van der Waals surface area (Å²) in [5.74, 6) is -0.782. The van der Waals surface area contributed by atoms with Crippen LogP contribution in [0.1, 0.15) is 6.42 Å². The van der Waals surface area contributed by atoms with Crippen LogP contribution in [0.25, 0.3) is 5.57 Å². The summed E-state index contributed by atoms with van der Waals surface area (Å²) in [6.07, 6.45) is 0.556. The molecule has 0 aromatic heterocycles. The zero-order valence-corrected chi connectivity index (χ0v) is 8.68. The highest BCUT2D eigenvalue weighted by Crippen LogP contribution is 2.19. The van der Waals surface area contributed by atoms with Crippen molar-refractivity contribution < 1.29 is 9.90 Å². The number of piperidine rings is 1. The Balaban J connectivity index is 2.09. The van der Waals surface area contributed by atoms with Crippen molar-refractivity contribution in [2.75, 3.05) is 6.54 Å². The highest BCUT2D eigenvalue weighted by atomic mass is 16.4. The Hall–Kier alpha value is -1.68. The third-order valence-electron chi connectivity index (χ3n) is 3.23. The molecule has 2 atom stereocenters. The molecule has 0 aliphatic carbocycles. The number of hydrogen-bond donors (Lipinski definition) is 2. The van der Waals surface area contributed by atoms with Crippen LogP contribution in [0.15, 0.2) is 29.3 Å². The van der Waals surface area contributed by atoms with Gasteiger partial charge in [-0.1, -0.05) is 18.2 Å². The van der Waals surface area contributed by atoms with Gasteiger partial charge in [-0.3, -0.25) is 9.79 Å². The van der Waals surface area contributed by atoms with Gasteiger partial charge in [0.2, 0.25) is 0 Å². The topological polar surface area (TPSA) is 61.7 Å². The molecule has 2 heterocycles. The Morgan fingerprint density at radius 1 is 1.44 bits per heavy atom. The quantitative estimate of drug-likeness (QED) is 0.651. The molecule has 4 nitrogen and oxygen atoms in total. The maximum absolute atomic E-state index is 10.9. The van der Waals surface area contributed by atoms with Crippen LogP contribution in [0.5, 0.6) is 0 Å². The van der Waals surface area contributed by atoms with Crippen molar-refractivity contribution >= 4 is 11.5 Å². The Bertz CT molecular complexity index is 565. The first-order valence-corrected chi connectivity index (χ1v) is 5.38. The number of hydrogen-bond acceptors (Lipinski definition) is 3. The van der Waals surface area contributed by atoms with Crippen molar-refractivity contribution in [2.24, 2.45) is 4.99 Å². The van der Waals surface area contributed by atoms with Gasteiger partial charge in [-0.05, 0) is 18.1 Å². The molecule has 1 fully saturated rings. The van der Waals surface area contributed by atoms with Gasteiger partial charge in [-0.2, -0.15) is 0 Å². The molecule has 2 aliphatic rings. The average Bonchev–Trinajstić information content (AvgIpc) is 2.66. The lowest BCUT2D eigenvalue weighted by Crippen LogP contribution is -2.46. The first-order chi connectivity index (χ1) is 7.75. The average molecular weight is 216 g/mol. The van der Waals surface area contributed by atoms with E-state index in [2.05, 4.69) is 10.3 Å². The number of nitrogens with zero attached hydrogens (tertiary/aromatic N) is 1. The minimum Gasteiger partial charge on any atom is -0.480 e. The molecule has 2 aliphatic heterocycles. The number of nitrogens with one attached hydrogen (secondary N) is 1. The van der Waals surface area contributed by atoms with Gasteiger partial charge < -0.3 is 10.4 Å². The molecule has 1 aromatic carbocycles. The summed E-state index contributed by atoms with van der Waals surface area (Å²) in [6, 6.07) is 7.61. The summed E-state index contributed by atoms with van der Waals surface area (Å²) >= 11 is 0. The fraction of sp³-hybridized carbons (Fsp3) is 0.333. The lowest BCUT2D eigenvalue weighted by atomic mass is 9.94. The number of carbonyl (C=O) groups is 1. The first-order valence-electron chi connectivity index (χ1n) is 5.38. The SMILES string of the molecule is O=C(O)[C@@H]1CC2=c3ccccc3=N[C@H]2CN1. The van der Waals surface area contributed by atoms with Crippen LogP contribution in [0, 0.1) is 0 Å². The van der Waals surface area contributed by atoms with E-state index < -0.39 is 12.0 Å². The minimum atomic E-state index is -0.782. The molecule has 82 valence electrons. The molecule has 0 bridgehead atoms. The van der Waals surface area contributed by atoms with Crippen LogP contribution in [-0.4, -0.2) is 29.7 Å². The number of rotatable bonds is 1. The standard InChI is InChI=1S/C12H12N2O2/c15-12(16)10-5-8-7-3-1-2-4-9(7)14-11(8)6-13-10/h1-4,10-11,13H,5-6H2,(H,15,16)/t10-,11-/m0/s1. The molecule has 0 spiro atoms. The van der Waals surface area contributed by atoms with Crippen LogP contribution in [0.3, 0.4) is 0 Å². The highest BCUT2D eigenvalue weighted by molar-refractivity contribution is 5.77. The molecule has 16 heavy (non-hydrogen) atoms. The predicted molar refractivity (Wildman–Crippen MR) is 58.5 cm³/mol. The van der Waals surface area contributed by atoms with Gasteiger partial charge in [-0.25, -0.2) is 0 Å². The van der Waals surface area contributed by atoms with Crippen LogP contribution in [0.2, 0.25) is 0 Å². The molecule has 0 radical (unpaired) electrons. The van der Waals surface area contributed by atoms with Gasteiger partial charge >= 0.3 is 5.97 Å². The molecule has 4 heteroatoms. The lowest BCUT2D eigenvalue weighted by Gasteiger charge is -2.25. The van der Waals surface area contributed by atoms with E-state index in [1.54, 1.807) is 0 Å². The molecule has 0 saturated carbocycles. The summed E-state index contributed by atoms with van der Waals surface area (Å²) in [4.78, 5) is 15.5. The van der Waals surface area contributed by atoms with E-state index >= 15 is 0 Å². The number of benzene rings is 1. The Morgan fingerprint density at radius 3 is 3.06 bits per heavy atom. The normalized spacial score (nSPS) is 26.9. The maximum Gasteiger partial charge on any atom is 0.321 e. The second-order valence-electron chi connectivity index (χ2n) is 4.19. The number of para-hydroxylation sites is 1. The summed E-state index contributed by atoms with van der Waals surface area (Å²) in [6.45, 7) is 0.626. The second-order valence-corrected chi connectivity index (χ2v) is 4.19. The molecule has 1 aromatic rings. The Labute approximate surface area is 92.3 Å². The van der Waals surface area contributed by atoms with Gasteiger partial charge in [-0.15, -0.1) is 0 Å². The van der Waals surface area contributed by atoms with E-state index in [0.29, 0.717) is 13.0 Å². The molecular formula is C12H12N2O2. The predicted octanol–water partition coefficient (Wildman–Crippen LogP) is -0.714. The number of fused-ring (bicyclic) bond motifs is 2. The largest absolute Gasteiger partial charge is 0.480 e. The monoisotopic (exact) mass is 216 g/mol. The van der Waals surface area contributed by atoms with Crippen molar-refractivity contribution in [1.82, 2.24) is 5.32 Å². The van der Waals surface area contributed by atoms with Crippen molar-refractivity contribution in [2.45, 2.75) is 18.5 Å². The summed E-state index contributed by atoms with van der Waals surface area (Å²) in [5.41, 5.74) is 1.17. The number of carboxylic acids is 1. The van der Waals surface area contributed by atoms with E-state index in [-0.39, 0.29) is 6.04 Å². The molecule has 3 rings (SSSR count). The van der Waals surface area contributed by atoms with Crippen molar-refractivity contribution in [3.63, 3.8) is 0 Å². The van der Waals surface area contributed by atoms with Crippen LogP contribution >= 0.6 is 0 Å². The van der Waals surface area contributed by atoms with Crippen LogP contribution in [0.4, 0.5) is 0 Å². The van der Waals surface area contributed by atoms with Gasteiger partial charge in [0.05, 0.1) is 11.4 Å². The van der Waals surface area contributed by atoms with Crippen LogP contribution < -0.4 is 15.9 Å². The first kappa shape index (κ1) is 9.54. The number of carboxylic acid groups (broad SMARTS) is 1. The second kappa shape index (κ2) is 3.42. The summed E-state index contributed by atoms with van der Waals surface area (Å²) in [5, 5.41) is 14.1. The van der Waals surface area contributed by atoms with E-state index in [9.17, 15) is 4.79 Å². The number of aliphatic carboxylic acids is 1. The maximum atomic E-state index is 10.9. The van der Waals surface area contributed by atoms with Gasteiger partial charge in [0, 0.05) is 11.8 Å². The molecular weight excluding hydrogens is 204 g/mol. The Kier molecular flexibility index (Phi) is 2.04. The van der Waals surface area contributed by atoms with Crippen molar-refractivity contribution in [3.05, 3.63) is 34.8 Å². The third kappa shape index (κ3) is 1.34. The summed E-state index contributed by atoms with van der Waals surface area (Å²) in [7, 11) is 0. The molecule has 0 amide bonds. The Morgan fingerprint density at radius 2 is 2.25 bits per heavy atom. The third-order valence-corrected chi connectivity index (χ3v) is 3.23. The van der Waals surface area contributed by atoms with E-state index in [4.69, 9.17) is 5.11 Å². The van der Waals surface area contributed by atoms with Crippen molar-refractivity contribution in [1.29, 1.82) is 0 Å². The van der Waals surface area contributed by atoms with Crippen LogP contribution in [-0.2, 0) is 4.79 Å². The lowest BCUT2D eigenvalue weighted by molar-refractivity contribution is -0.139. The van der Waals surface area contributed by atoms with Gasteiger partial charge in [0.25, 0.3) is 0 Å². The van der Waals surface area contributed by atoms with E-state index in [1.807, 2.05) is 24.3 Å². The molecule has 0 unspecified atom stereocenters. The van der Waals surface area contributed by atoms with E-state index in [1.165, 1.54) is 5.57 Å².